The molecule has 1 saturated heterocycles. The summed E-state index contributed by atoms with van der Waals surface area (Å²) < 4.78 is 11.4. The highest BCUT2D eigenvalue weighted by molar-refractivity contribution is 7.80. The van der Waals surface area contributed by atoms with Gasteiger partial charge < -0.3 is 9.47 Å². The fourth-order valence-corrected chi connectivity index (χ4v) is 4.37. The van der Waals surface area contributed by atoms with E-state index in [9.17, 15) is 9.59 Å². The maximum Gasteiger partial charge on any atom is 0.270 e. The average molecular weight is 541 g/mol. The van der Waals surface area contributed by atoms with Crippen LogP contribution in [0, 0.1) is 0 Å². The second kappa shape index (κ2) is 11.1. The Balaban J connectivity index is 1.58. The van der Waals surface area contributed by atoms with Crippen LogP contribution in [0.4, 0.5) is 5.69 Å². The lowest BCUT2D eigenvalue weighted by Gasteiger charge is -2.29. The first-order valence-electron chi connectivity index (χ1n) is 11.1. The third-order valence-electron chi connectivity index (χ3n) is 5.60. The monoisotopic (exact) mass is 540 g/mol. The third kappa shape index (κ3) is 5.54. The molecule has 36 heavy (non-hydrogen) atoms. The number of aryl methyl sites for hydroxylation is 1. The van der Waals surface area contributed by atoms with Gasteiger partial charge in [-0.05, 0) is 72.2 Å². The second-order valence-corrected chi connectivity index (χ2v) is 9.14. The van der Waals surface area contributed by atoms with Crippen LogP contribution in [0.3, 0.4) is 0 Å². The molecule has 0 bridgehead atoms. The Bertz CT molecular complexity index is 1370. The van der Waals surface area contributed by atoms with Gasteiger partial charge in [0.05, 0.1) is 12.8 Å². The molecule has 1 N–H and O–H groups in total. The lowest BCUT2D eigenvalue weighted by atomic mass is 10.1. The SMILES string of the molecule is CCc1ccc(N2C(=O)/C(=C/c3ccc(OCc4ccc(Cl)cc4Cl)c(OC)c3)C(=O)NC2=S)cc1. The largest absolute Gasteiger partial charge is 0.493 e. The Labute approximate surface area is 224 Å². The summed E-state index contributed by atoms with van der Waals surface area (Å²) >= 11 is 17.5. The van der Waals surface area contributed by atoms with Gasteiger partial charge in [0.2, 0.25) is 0 Å². The number of nitrogens with one attached hydrogen (secondary N) is 1. The summed E-state index contributed by atoms with van der Waals surface area (Å²) in [5.74, 6) is -0.169. The molecule has 1 aliphatic heterocycles. The molecule has 184 valence electrons. The Morgan fingerprint density at radius 2 is 1.75 bits per heavy atom. The first kappa shape index (κ1) is 25.7. The van der Waals surface area contributed by atoms with Crippen LogP contribution in [0.15, 0.2) is 66.2 Å². The highest BCUT2D eigenvalue weighted by atomic mass is 35.5. The van der Waals surface area contributed by atoms with Gasteiger partial charge in [0.1, 0.15) is 12.2 Å². The first-order chi connectivity index (χ1) is 17.3. The summed E-state index contributed by atoms with van der Waals surface area (Å²) in [6, 6.07) is 17.7. The van der Waals surface area contributed by atoms with E-state index in [1.807, 2.05) is 19.1 Å². The summed E-state index contributed by atoms with van der Waals surface area (Å²) in [6.45, 7) is 2.25. The van der Waals surface area contributed by atoms with Crippen LogP contribution >= 0.6 is 35.4 Å². The van der Waals surface area contributed by atoms with Gasteiger partial charge in [-0.15, -0.1) is 0 Å². The van der Waals surface area contributed by atoms with E-state index < -0.39 is 11.8 Å². The zero-order valence-electron chi connectivity index (χ0n) is 19.5. The molecule has 9 heteroatoms. The molecule has 2 amide bonds. The highest BCUT2D eigenvalue weighted by Crippen LogP contribution is 2.31. The quantitative estimate of drug-likeness (QED) is 0.227. The molecule has 1 aliphatic rings. The van der Waals surface area contributed by atoms with Crippen LogP contribution in [-0.2, 0) is 22.6 Å². The van der Waals surface area contributed by atoms with Crippen LogP contribution in [-0.4, -0.2) is 24.0 Å². The normalized spacial score (nSPS) is 14.7. The smallest absolute Gasteiger partial charge is 0.270 e. The number of benzene rings is 3. The van der Waals surface area contributed by atoms with Crippen molar-refractivity contribution in [1.82, 2.24) is 5.32 Å². The molecule has 4 rings (SSSR count). The molecule has 0 aromatic heterocycles. The number of thiocarbonyl (C=S) groups is 1. The molecule has 0 unspecified atom stereocenters. The molecule has 0 spiro atoms. The Kier molecular flexibility index (Phi) is 7.94. The van der Waals surface area contributed by atoms with Crippen molar-refractivity contribution >= 4 is 64.1 Å². The molecule has 3 aromatic carbocycles. The van der Waals surface area contributed by atoms with Crippen LogP contribution in [0.2, 0.25) is 10.0 Å². The lowest BCUT2D eigenvalue weighted by molar-refractivity contribution is -0.122. The van der Waals surface area contributed by atoms with Crippen LogP contribution in [0.25, 0.3) is 6.08 Å². The summed E-state index contributed by atoms with van der Waals surface area (Å²) in [7, 11) is 1.51. The van der Waals surface area contributed by atoms with Crippen LogP contribution in [0.1, 0.15) is 23.6 Å². The molecule has 0 atom stereocenters. The van der Waals surface area contributed by atoms with E-state index in [4.69, 9.17) is 44.9 Å². The molecule has 1 fully saturated rings. The molecule has 3 aromatic rings. The number of rotatable bonds is 7. The van der Waals surface area contributed by atoms with Gasteiger partial charge in [-0.3, -0.25) is 19.8 Å². The Morgan fingerprint density at radius 3 is 2.42 bits per heavy atom. The van der Waals surface area contributed by atoms with Crippen molar-refractivity contribution in [2.24, 2.45) is 0 Å². The molecule has 0 saturated carbocycles. The van der Waals surface area contributed by atoms with Gasteiger partial charge in [0.15, 0.2) is 16.6 Å². The van der Waals surface area contributed by atoms with Crippen molar-refractivity contribution in [3.05, 3.63) is 93.0 Å². The van der Waals surface area contributed by atoms with Gasteiger partial charge in [-0.25, -0.2) is 0 Å². The van der Waals surface area contributed by atoms with Crippen LogP contribution in [0.5, 0.6) is 11.5 Å². The Hall–Kier alpha value is -3.39. The van der Waals surface area contributed by atoms with Gasteiger partial charge in [-0.1, -0.05) is 54.4 Å². The molecule has 6 nitrogen and oxygen atoms in total. The van der Waals surface area contributed by atoms with Gasteiger partial charge in [0, 0.05) is 15.6 Å². The van der Waals surface area contributed by atoms with Gasteiger partial charge >= 0.3 is 0 Å². The van der Waals surface area contributed by atoms with E-state index in [1.165, 1.54) is 18.1 Å². The number of ether oxygens (including phenoxy) is 2. The zero-order valence-corrected chi connectivity index (χ0v) is 21.8. The van der Waals surface area contributed by atoms with E-state index in [0.717, 1.165) is 17.5 Å². The average Bonchev–Trinajstić information content (AvgIpc) is 2.86. The van der Waals surface area contributed by atoms with Crippen molar-refractivity contribution < 1.29 is 19.1 Å². The summed E-state index contributed by atoms with van der Waals surface area (Å²) in [5.41, 5.74) is 3.00. The van der Waals surface area contributed by atoms with E-state index in [1.54, 1.807) is 48.5 Å². The minimum absolute atomic E-state index is 0.0357. The minimum Gasteiger partial charge on any atom is -0.493 e. The first-order valence-corrected chi connectivity index (χ1v) is 12.2. The minimum atomic E-state index is -0.567. The number of methoxy groups -OCH3 is 1. The van der Waals surface area contributed by atoms with Crippen molar-refractivity contribution in [2.75, 3.05) is 12.0 Å². The zero-order chi connectivity index (χ0) is 25.8. The topological polar surface area (TPSA) is 67.9 Å². The number of nitrogens with zero attached hydrogens (tertiary/aromatic N) is 1. The Morgan fingerprint density at radius 1 is 1.00 bits per heavy atom. The molecule has 1 heterocycles. The van der Waals surface area contributed by atoms with Crippen molar-refractivity contribution in [3.63, 3.8) is 0 Å². The number of anilines is 1. The summed E-state index contributed by atoms with van der Waals surface area (Å²) in [4.78, 5) is 27.2. The maximum atomic E-state index is 13.3. The fourth-order valence-electron chi connectivity index (χ4n) is 3.63. The number of carbonyl (C=O) groups excluding carboxylic acids is 2. The van der Waals surface area contributed by atoms with E-state index in [-0.39, 0.29) is 17.3 Å². The lowest BCUT2D eigenvalue weighted by Crippen LogP contribution is -2.54. The van der Waals surface area contributed by atoms with Crippen molar-refractivity contribution in [2.45, 2.75) is 20.0 Å². The third-order valence-corrected chi connectivity index (χ3v) is 6.47. The van der Waals surface area contributed by atoms with E-state index >= 15 is 0 Å². The predicted octanol–water partition coefficient (Wildman–Crippen LogP) is 5.97. The van der Waals surface area contributed by atoms with Gasteiger partial charge in [0.25, 0.3) is 11.8 Å². The number of hydrogen-bond acceptors (Lipinski definition) is 5. The number of amides is 2. The van der Waals surface area contributed by atoms with E-state index in [2.05, 4.69) is 5.32 Å². The standard InChI is InChI=1S/C27H22Cl2N2O4S/c1-3-16-4-9-20(10-5-16)31-26(33)21(25(32)30-27(31)36)12-17-6-11-23(24(13-17)34-2)35-15-18-7-8-19(28)14-22(18)29/h4-14H,3,15H2,1-2H3,(H,30,32,36)/b21-12+. The fraction of sp³-hybridized carbons (Fsp3) is 0.148. The van der Waals surface area contributed by atoms with Crippen LogP contribution < -0.4 is 19.7 Å². The number of halogens is 2. The van der Waals surface area contributed by atoms with E-state index in [0.29, 0.717) is 32.8 Å². The van der Waals surface area contributed by atoms with Gasteiger partial charge in [-0.2, -0.15) is 0 Å². The summed E-state index contributed by atoms with van der Waals surface area (Å²) in [6.07, 6.45) is 2.37. The maximum absolute atomic E-state index is 13.3. The molecule has 0 radical (unpaired) electrons. The highest BCUT2D eigenvalue weighted by Gasteiger charge is 2.34. The summed E-state index contributed by atoms with van der Waals surface area (Å²) in [5, 5.41) is 3.67. The second-order valence-electron chi connectivity index (χ2n) is 7.91. The molecular weight excluding hydrogens is 519 g/mol. The van der Waals surface area contributed by atoms with Crippen molar-refractivity contribution in [1.29, 1.82) is 0 Å². The predicted molar refractivity (Wildman–Crippen MR) is 146 cm³/mol. The molecule has 0 aliphatic carbocycles. The van der Waals surface area contributed by atoms with Crippen molar-refractivity contribution in [3.8, 4) is 11.5 Å². The number of carbonyl (C=O) groups is 2. The molecular formula is C27H22Cl2N2O4S. The number of hydrogen-bond donors (Lipinski definition) is 1.